The van der Waals surface area contributed by atoms with Crippen molar-refractivity contribution in [2.75, 3.05) is 0 Å². The van der Waals surface area contributed by atoms with Crippen molar-refractivity contribution in [3.8, 4) is 29.1 Å². The molecular weight excluding hydrogens is 525 g/mol. The highest BCUT2D eigenvalue weighted by molar-refractivity contribution is 6.62. The Labute approximate surface area is 240 Å². The molecule has 0 radical (unpaired) electrons. The van der Waals surface area contributed by atoms with Gasteiger partial charge in [-0.1, -0.05) is 6.07 Å². The summed E-state index contributed by atoms with van der Waals surface area (Å²) in [5.74, 6) is 1.10. The van der Waals surface area contributed by atoms with Crippen LogP contribution >= 0.6 is 0 Å². The summed E-state index contributed by atoms with van der Waals surface area (Å²) in [7, 11) is -0.655. The van der Waals surface area contributed by atoms with E-state index >= 15 is 0 Å². The fraction of sp³-hybridized carbons (Fsp3) is 0.323. The van der Waals surface area contributed by atoms with E-state index < -0.39 is 30.3 Å². The molecule has 1 fully saturated rings. The molecule has 212 valence electrons. The molecule has 1 saturated heterocycles. The van der Waals surface area contributed by atoms with E-state index in [1.807, 2.05) is 33.8 Å². The summed E-state index contributed by atoms with van der Waals surface area (Å²) in [4.78, 5) is 23.2. The van der Waals surface area contributed by atoms with Crippen molar-refractivity contribution in [3.05, 3.63) is 77.4 Å². The van der Waals surface area contributed by atoms with Crippen LogP contribution in [0.15, 0.2) is 60.7 Å². The molecule has 0 bridgehead atoms. The number of ether oxygens (including phenoxy) is 4. The minimum Gasteiger partial charge on any atom is -0.461 e. The van der Waals surface area contributed by atoms with Crippen molar-refractivity contribution in [2.24, 2.45) is 0 Å². The highest BCUT2D eigenvalue weighted by Crippen LogP contribution is 2.37. The van der Waals surface area contributed by atoms with Crippen molar-refractivity contribution < 1.29 is 37.8 Å². The minimum atomic E-state index is -0.655. The standard InChI is InChI=1S/C31H32BNO8/c1-20(34)36-18-23-15-27(11-13-28(23)32-40-30(3,4)31(5,6)41-32)39-29-14-12-26(16-24(29)19-37-21(2)35)38-25-9-7-22(17-33)8-10-25/h7-16H,18-19H2,1-6H3. The fourth-order valence-electron chi connectivity index (χ4n) is 4.02. The van der Waals surface area contributed by atoms with Gasteiger partial charge in [0.1, 0.15) is 36.2 Å². The van der Waals surface area contributed by atoms with Crippen LogP contribution in [0.3, 0.4) is 0 Å². The Hall–Kier alpha value is -4.33. The Morgan fingerprint density at radius 3 is 1.85 bits per heavy atom. The Morgan fingerprint density at radius 1 is 0.756 bits per heavy atom. The number of benzene rings is 3. The molecule has 3 aromatic rings. The van der Waals surface area contributed by atoms with Gasteiger partial charge in [0.25, 0.3) is 0 Å². The summed E-state index contributed by atoms with van der Waals surface area (Å²) < 4.78 is 35.2. The summed E-state index contributed by atoms with van der Waals surface area (Å²) in [6, 6.07) is 19.3. The van der Waals surface area contributed by atoms with Crippen molar-refractivity contribution >= 4 is 24.5 Å². The Bertz CT molecular complexity index is 1460. The lowest BCUT2D eigenvalue weighted by Gasteiger charge is -2.32. The Balaban J connectivity index is 1.62. The zero-order chi connectivity index (χ0) is 29.8. The molecule has 10 heteroatoms. The number of hydrogen-bond acceptors (Lipinski definition) is 9. The summed E-state index contributed by atoms with van der Waals surface area (Å²) in [5, 5.41) is 9.01. The predicted molar refractivity (Wildman–Crippen MR) is 151 cm³/mol. The van der Waals surface area contributed by atoms with Gasteiger partial charge in [0.15, 0.2) is 0 Å². The monoisotopic (exact) mass is 557 g/mol. The van der Waals surface area contributed by atoms with Gasteiger partial charge in [0.05, 0.1) is 22.8 Å². The molecule has 0 amide bonds. The molecule has 1 aliphatic rings. The first-order valence-electron chi connectivity index (χ1n) is 13.1. The molecule has 3 aromatic carbocycles. The first-order chi connectivity index (χ1) is 19.4. The molecule has 0 unspecified atom stereocenters. The van der Waals surface area contributed by atoms with Crippen LogP contribution in [0.4, 0.5) is 0 Å². The van der Waals surface area contributed by atoms with Crippen molar-refractivity contribution in [1.29, 1.82) is 5.26 Å². The number of nitriles is 1. The van der Waals surface area contributed by atoms with Crippen LogP contribution in [0, 0.1) is 11.3 Å². The number of hydrogen-bond donors (Lipinski definition) is 0. The maximum Gasteiger partial charge on any atom is 0.495 e. The second-order valence-electron chi connectivity index (χ2n) is 10.6. The van der Waals surface area contributed by atoms with Crippen LogP contribution in [0.25, 0.3) is 0 Å². The van der Waals surface area contributed by atoms with Gasteiger partial charge in [-0.2, -0.15) is 5.26 Å². The summed E-state index contributed by atoms with van der Waals surface area (Å²) in [5.41, 5.74) is 1.40. The van der Waals surface area contributed by atoms with Gasteiger partial charge in [0.2, 0.25) is 0 Å². The van der Waals surface area contributed by atoms with Gasteiger partial charge >= 0.3 is 19.1 Å². The lowest BCUT2D eigenvalue weighted by Crippen LogP contribution is -2.41. The molecule has 0 aromatic heterocycles. The molecule has 0 atom stereocenters. The van der Waals surface area contributed by atoms with Gasteiger partial charge in [-0.05, 0) is 93.3 Å². The molecule has 0 saturated carbocycles. The van der Waals surface area contributed by atoms with Crippen molar-refractivity contribution in [3.63, 3.8) is 0 Å². The van der Waals surface area contributed by atoms with Crippen LogP contribution in [-0.2, 0) is 41.6 Å². The van der Waals surface area contributed by atoms with E-state index in [-0.39, 0.29) is 13.2 Å². The first kappa shape index (κ1) is 29.7. The lowest BCUT2D eigenvalue weighted by atomic mass is 9.76. The van der Waals surface area contributed by atoms with Crippen LogP contribution in [-0.4, -0.2) is 30.3 Å². The number of nitrogens with zero attached hydrogens (tertiary/aromatic N) is 1. The predicted octanol–water partition coefficient (Wildman–Crippen LogP) is 5.57. The van der Waals surface area contributed by atoms with Gasteiger partial charge in [-0.15, -0.1) is 0 Å². The van der Waals surface area contributed by atoms with Gasteiger partial charge in [-0.25, -0.2) is 0 Å². The molecule has 41 heavy (non-hydrogen) atoms. The molecular formula is C31H32BNO8. The fourth-order valence-corrected chi connectivity index (χ4v) is 4.02. The maximum absolute atomic E-state index is 11.6. The van der Waals surface area contributed by atoms with E-state index in [2.05, 4.69) is 6.07 Å². The van der Waals surface area contributed by atoms with Crippen molar-refractivity contribution in [1.82, 2.24) is 0 Å². The largest absolute Gasteiger partial charge is 0.495 e. The molecule has 0 spiro atoms. The van der Waals surface area contributed by atoms with Crippen LogP contribution in [0.5, 0.6) is 23.0 Å². The zero-order valence-corrected chi connectivity index (χ0v) is 24.0. The quantitative estimate of drug-likeness (QED) is 0.246. The topological polar surface area (TPSA) is 113 Å². The third-order valence-corrected chi connectivity index (χ3v) is 6.96. The molecule has 0 N–H and O–H groups in total. The summed E-state index contributed by atoms with van der Waals surface area (Å²) >= 11 is 0. The molecule has 4 rings (SSSR count). The van der Waals surface area contributed by atoms with E-state index in [1.54, 1.807) is 54.6 Å². The normalized spacial score (nSPS) is 15.1. The lowest BCUT2D eigenvalue weighted by molar-refractivity contribution is -0.143. The van der Waals surface area contributed by atoms with Gasteiger partial charge in [-0.3, -0.25) is 9.59 Å². The molecule has 9 nitrogen and oxygen atoms in total. The van der Waals surface area contributed by atoms with E-state index in [1.165, 1.54) is 13.8 Å². The molecule has 0 aliphatic carbocycles. The molecule has 1 aliphatic heterocycles. The van der Waals surface area contributed by atoms with Crippen LogP contribution in [0.1, 0.15) is 58.2 Å². The molecule has 1 heterocycles. The third-order valence-electron chi connectivity index (χ3n) is 6.96. The number of esters is 2. The third kappa shape index (κ3) is 7.25. The first-order valence-corrected chi connectivity index (χ1v) is 13.1. The van der Waals surface area contributed by atoms with Gasteiger partial charge < -0.3 is 28.3 Å². The summed E-state index contributed by atoms with van der Waals surface area (Å²) in [6.07, 6.45) is 0. The highest BCUT2D eigenvalue weighted by atomic mass is 16.7. The van der Waals surface area contributed by atoms with E-state index in [9.17, 15) is 9.59 Å². The van der Waals surface area contributed by atoms with E-state index in [0.29, 0.717) is 39.7 Å². The van der Waals surface area contributed by atoms with E-state index in [4.69, 9.17) is 33.5 Å². The SMILES string of the molecule is CC(=O)OCc1cc(Oc2ccc(C#N)cc2)ccc1Oc1ccc(B2OC(C)(C)C(C)(C)O2)c(COC(C)=O)c1. The Morgan fingerprint density at radius 2 is 1.27 bits per heavy atom. The number of rotatable bonds is 9. The smallest absolute Gasteiger partial charge is 0.461 e. The van der Waals surface area contributed by atoms with E-state index in [0.717, 1.165) is 5.46 Å². The Kier molecular flexibility index (Phi) is 8.71. The minimum absolute atomic E-state index is 0.00359. The summed E-state index contributed by atoms with van der Waals surface area (Å²) in [6.45, 7) is 10.5. The van der Waals surface area contributed by atoms with Gasteiger partial charge in [0, 0.05) is 19.4 Å². The second-order valence-corrected chi connectivity index (χ2v) is 10.6. The average Bonchev–Trinajstić information content (AvgIpc) is 3.14. The average molecular weight is 557 g/mol. The second kappa shape index (κ2) is 12.0. The highest BCUT2D eigenvalue weighted by Gasteiger charge is 2.52. The zero-order valence-electron chi connectivity index (χ0n) is 24.0. The van der Waals surface area contributed by atoms with Crippen LogP contribution < -0.4 is 14.9 Å². The van der Waals surface area contributed by atoms with Crippen LogP contribution in [0.2, 0.25) is 0 Å². The maximum atomic E-state index is 11.6. The number of carbonyl (C=O) groups excluding carboxylic acids is 2. The van der Waals surface area contributed by atoms with Crippen molar-refractivity contribution in [2.45, 2.75) is 66.0 Å². The number of carbonyl (C=O) groups is 2.